The monoisotopic (exact) mass is 414 g/mol. The molecule has 0 aliphatic heterocycles. The van der Waals surface area contributed by atoms with Gasteiger partial charge in [-0.25, -0.2) is 13.2 Å². The van der Waals surface area contributed by atoms with Gasteiger partial charge in [0.15, 0.2) is 10.1 Å². The van der Waals surface area contributed by atoms with Crippen LogP contribution >= 0.6 is 0 Å². The van der Waals surface area contributed by atoms with Crippen LogP contribution in [0.3, 0.4) is 0 Å². The fourth-order valence-electron chi connectivity index (χ4n) is 3.37. The van der Waals surface area contributed by atoms with Crippen molar-refractivity contribution in [1.29, 1.82) is 0 Å². The van der Waals surface area contributed by atoms with Crippen LogP contribution in [0.25, 0.3) is 0 Å². The topological polar surface area (TPSA) is 66.4 Å². The van der Waals surface area contributed by atoms with Crippen LogP contribution in [0.15, 0.2) is 0 Å². The summed E-state index contributed by atoms with van der Waals surface area (Å²) in [6, 6.07) is 0. The Bertz CT molecular complexity index is 616. The second-order valence-electron chi connectivity index (χ2n) is 6.11. The zero-order valence-corrected chi connectivity index (χ0v) is 15.5. The molecule has 14 heteroatoms. The van der Waals surface area contributed by atoms with Gasteiger partial charge in [0.05, 0.1) is 0 Å². The van der Waals surface area contributed by atoms with Gasteiger partial charge in [-0.2, -0.15) is 35.1 Å². The molecule has 142 valence electrons. The summed E-state index contributed by atoms with van der Waals surface area (Å²) in [4.78, 5) is 0. The number of fused-ring (bicyclic) bond motifs is 2. The first-order valence-electron chi connectivity index (χ1n) is 6.66. The number of alkyl halides is 8. The van der Waals surface area contributed by atoms with Crippen molar-refractivity contribution in [2.75, 3.05) is 0 Å². The molecule has 0 aromatic heterocycles. The van der Waals surface area contributed by atoms with E-state index in [1.54, 1.807) is 0 Å². The zero-order valence-electron chi connectivity index (χ0n) is 12.7. The van der Waals surface area contributed by atoms with Crippen molar-refractivity contribution in [2.45, 2.75) is 55.5 Å². The van der Waals surface area contributed by atoms with Gasteiger partial charge in [-0.1, -0.05) is 0 Å². The van der Waals surface area contributed by atoms with E-state index in [0.29, 0.717) is 0 Å². The van der Waals surface area contributed by atoms with Crippen molar-refractivity contribution in [3.8, 4) is 0 Å². The third-order valence-corrected chi connectivity index (χ3v) is 5.55. The number of halogens is 8. The molecular formula is C11H11F8NaO4S. The van der Waals surface area contributed by atoms with Gasteiger partial charge >= 0.3 is 53.0 Å². The molecule has 2 rings (SSSR count). The van der Waals surface area contributed by atoms with E-state index in [0.717, 1.165) is 0 Å². The van der Waals surface area contributed by atoms with Crippen LogP contribution < -0.4 is 29.6 Å². The Balaban J connectivity index is 0.00000312. The normalized spacial score (nSPS) is 28.1. The summed E-state index contributed by atoms with van der Waals surface area (Å²) in [6.45, 7) is 0. The molecular weight excluding hydrogens is 403 g/mol. The Labute approximate surface area is 159 Å². The van der Waals surface area contributed by atoms with Crippen molar-refractivity contribution >= 4 is 10.1 Å². The first kappa shape index (κ1) is 23.3. The van der Waals surface area contributed by atoms with Crippen LogP contribution in [0.2, 0.25) is 0 Å². The van der Waals surface area contributed by atoms with Crippen LogP contribution in [-0.4, -0.2) is 36.4 Å². The molecule has 0 aromatic carbocycles. The Morgan fingerprint density at radius 2 is 1.36 bits per heavy atom. The predicted octanol–water partition coefficient (Wildman–Crippen LogP) is 0.546. The van der Waals surface area contributed by atoms with E-state index < -0.39 is 58.2 Å². The SMILES string of the molecule is O=S(=O)([O-])C(F)(F)C(F)(F)OC(F)(F)C(F)(F)C12CCC(CC1)C2.[Na+]. The van der Waals surface area contributed by atoms with Crippen molar-refractivity contribution in [1.82, 2.24) is 0 Å². The van der Waals surface area contributed by atoms with Crippen molar-refractivity contribution in [3.63, 3.8) is 0 Å². The molecule has 4 nitrogen and oxygen atoms in total. The molecule has 2 aliphatic carbocycles. The Morgan fingerprint density at radius 3 is 1.68 bits per heavy atom. The standard InChI is InChI=1S/C11H12F8O4S.Na/c12-8(13,7-3-1-6(5-7)2-4-7)9(14,15)23-10(16,17)11(18,19)24(20,21)22;/h6H,1-5H2,(H,20,21,22);/q;+1/p-1. The smallest absolute Gasteiger partial charge is 0.743 e. The largest absolute Gasteiger partial charge is 1.00 e. The maximum atomic E-state index is 14.1. The van der Waals surface area contributed by atoms with Crippen molar-refractivity contribution in [2.24, 2.45) is 11.3 Å². The average molecular weight is 414 g/mol. The van der Waals surface area contributed by atoms with Gasteiger partial charge in [-0.15, -0.1) is 0 Å². The molecule has 0 N–H and O–H groups in total. The third-order valence-electron chi connectivity index (χ3n) is 4.68. The summed E-state index contributed by atoms with van der Waals surface area (Å²) in [5.74, 6) is -5.56. The summed E-state index contributed by atoms with van der Waals surface area (Å²) < 4.78 is 140. The fraction of sp³-hybridized carbons (Fsp3) is 1.00. The molecule has 25 heavy (non-hydrogen) atoms. The molecule has 2 aliphatic rings. The molecule has 0 unspecified atom stereocenters. The summed E-state index contributed by atoms with van der Waals surface area (Å²) in [6.07, 6.45) is -13.8. The summed E-state index contributed by atoms with van der Waals surface area (Å²) in [5.41, 5.74) is -2.40. The van der Waals surface area contributed by atoms with Gasteiger partial charge in [0.1, 0.15) is 0 Å². The zero-order chi connectivity index (χ0) is 18.8. The molecule has 0 aromatic rings. The van der Waals surface area contributed by atoms with Gasteiger partial charge in [0.2, 0.25) is 0 Å². The number of ether oxygens (including phenoxy) is 1. The number of hydrogen-bond acceptors (Lipinski definition) is 4. The summed E-state index contributed by atoms with van der Waals surface area (Å²) >= 11 is 0. The summed E-state index contributed by atoms with van der Waals surface area (Å²) in [5, 5.41) is -6.65. The van der Waals surface area contributed by atoms with Crippen LogP contribution in [0, 0.1) is 11.3 Å². The molecule has 2 fully saturated rings. The van der Waals surface area contributed by atoms with Gasteiger partial charge in [0, 0.05) is 5.41 Å². The molecule has 2 bridgehead atoms. The van der Waals surface area contributed by atoms with Crippen LogP contribution in [0.4, 0.5) is 35.1 Å². The van der Waals surface area contributed by atoms with E-state index >= 15 is 0 Å². The number of rotatable bonds is 6. The van der Waals surface area contributed by atoms with E-state index in [1.165, 1.54) is 0 Å². The minimum absolute atomic E-state index is 0. The van der Waals surface area contributed by atoms with Gasteiger partial charge in [-0.3, -0.25) is 0 Å². The molecule has 2 saturated carbocycles. The van der Waals surface area contributed by atoms with Crippen molar-refractivity contribution < 1.29 is 82.4 Å². The first-order chi connectivity index (χ1) is 10.5. The Hall–Kier alpha value is 0.310. The first-order valence-corrected chi connectivity index (χ1v) is 8.07. The van der Waals surface area contributed by atoms with Gasteiger partial charge < -0.3 is 4.55 Å². The van der Waals surface area contributed by atoms with Crippen LogP contribution in [0.1, 0.15) is 32.1 Å². The maximum Gasteiger partial charge on any atom is 1.00 e. The predicted molar refractivity (Wildman–Crippen MR) is 59.6 cm³/mol. The second-order valence-corrected chi connectivity index (χ2v) is 7.53. The Kier molecular flexibility index (Phi) is 6.01. The van der Waals surface area contributed by atoms with E-state index in [-0.39, 0.29) is 48.3 Å². The van der Waals surface area contributed by atoms with Gasteiger partial charge in [-0.05, 0) is 38.0 Å². The van der Waals surface area contributed by atoms with E-state index in [1.807, 2.05) is 0 Å². The van der Waals surface area contributed by atoms with Crippen molar-refractivity contribution in [3.05, 3.63) is 0 Å². The van der Waals surface area contributed by atoms with E-state index in [9.17, 15) is 48.1 Å². The molecule has 0 radical (unpaired) electrons. The Morgan fingerprint density at radius 1 is 0.920 bits per heavy atom. The van der Waals surface area contributed by atoms with E-state index in [4.69, 9.17) is 0 Å². The van der Waals surface area contributed by atoms with Gasteiger partial charge in [0.25, 0.3) is 0 Å². The minimum Gasteiger partial charge on any atom is -0.743 e. The van der Waals surface area contributed by atoms with Crippen LogP contribution in [-0.2, 0) is 14.9 Å². The second kappa shape index (κ2) is 6.43. The third kappa shape index (κ3) is 3.44. The average Bonchev–Trinajstić information content (AvgIpc) is 2.97. The maximum absolute atomic E-state index is 14.1. The fourth-order valence-corrected chi connectivity index (χ4v) is 3.70. The quantitative estimate of drug-likeness (QED) is 0.362. The summed E-state index contributed by atoms with van der Waals surface area (Å²) in [7, 11) is -7.15. The molecule has 0 spiro atoms. The number of hydrogen-bond donors (Lipinski definition) is 0. The molecule has 0 saturated heterocycles. The molecule has 0 amide bonds. The van der Waals surface area contributed by atoms with E-state index in [2.05, 4.69) is 4.74 Å². The minimum atomic E-state index is -7.15. The van der Waals surface area contributed by atoms with Crippen LogP contribution in [0.5, 0.6) is 0 Å². The molecule has 0 heterocycles. The molecule has 0 atom stereocenters.